The standard InChI is InChI=1S/C2H4N3P3/c1-2-8-4-6-3-7-5-8/h2H,1H2,(H,3,4,5). The van der Waals surface area contributed by atoms with Crippen molar-refractivity contribution in [2.24, 2.45) is 9.03 Å². The van der Waals surface area contributed by atoms with Gasteiger partial charge in [-0.05, 0) is 5.82 Å². The zero-order valence-electron chi connectivity index (χ0n) is 4.02. The molecule has 0 fully saturated rings. The zero-order chi connectivity index (χ0) is 5.82. The molecule has 1 N–H and O–H groups in total. The largest absolute Gasteiger partial charge is 0.210 e. The number of rotatable bonds is 1. The van der Waals surface area contributed by atoms with Crippen molar-refractivity contribution in [1.29, 1.82) is 0 Å². The predicted molar refractivity (Wildman–Crippen MR) is 38.9 cm³/mol. The molecule has 0 bridgehead atoms. The summed E-state index contributed by atoms with van der Waals surface area (Å²) in [5, 5.41) is 0. The van der Waals surface area contributed by atoms with Crippen molar-refractivity contribution in [2.45, 2.75) is 0 Å². The third kappa shape index (κ3) is 1.69. The lowest BCUT2D eigenvalue weighted by molar-refractivity contribution is 1.61. The molecule has 0 aliphatic carbocycles. The van der Waals surface area contributed by atoms with Crippen LogP contribution in [-0.4, -0.2) is 0 Å². The molecule has 0 aromatic rings. The molecule has 1 heterocycles. The topological polar surface area (TPSA) is 36.8 Å². The molecule has 0 amide bonds. The van der Waals surface area contributed by atoms with Gasteiger partial charge < -0.3 is 0 Å². The van der Waals surface area contributed by atoms with Crippen LogP contribution in [0, 0.1) is 0 Å². The summed E-state index contributed by atoms with van der Waals surface area (Å²) < 4.78 is 7.99. The molecule has 0 saturated carbocycles. The van der Waals surface area contributed by atoms with Gasteiger partial charge in [0.2, 0.25) is 0 Å². The van der Waals surface area contributed by atoms with Gasteiger partial charge >= 0.3 is 0 Å². The van der Waals surface area contributed by atoms with E-state index >= 15 is 0 Å². The SMILES string of the molecule is C=CP1N=PN=PN1. The highest BCUT2D eigenvalue weighted by atomic mass is 31.2. The molecule has 0 aromatic carbocycles. The van der Waals surface area contributed by atoms with Crippen molar-refractivity contribution < 1.29 is 0 Å². The van der Waals surface area contributed by atoms with Crippen molar-refractivity contribution in [3.63, 3.8) is 0 Å². The van der Waals surface area contributed by atoms with Gasteiger partial charge in [0.1, 0.15) is 16.7 Å². The molecule has 1 rings (SSSR count). The summed E-state index contributed by atoms with van der Waals surface area (Å²) in [5.74, 6) is 1.82. The van der Waals surface area contributed by atoms with E-state index in [9.17, 15) is 0 Å². The highest BCUT2D eigenvalue weighted by Gasteiger charge is 1.98. The average molecular weight is 163 g/mol. The summed E-state index contributed by atoms with van der Waals surface area (Å²) in [6.45, 7) is 3.61. The minimum atomic E-state index is -0.449. The van der Waals surface area contributed by atoms with Crippen LogP contribution in [0.5, 0.6) is 0 Å². The Hall–Kier alpha value is 0.330. The third-order valence-corrected chi connectivity index (χ3v) is 3.83. The molecule has 0 aromatic heterocycles. The van der Waals surface area contributed by atoms with Crippen molar-refractivity contribution in [1.82, 2.24) is 4.86 Å². The normalized spacial score (nSPS) is 29.8. The lowest BCUT2D eigenvalue weighted by atomic mass is 11.3. The van der Waals surface area contributed by atoms with Crippen LogP contribution in [0.1, 0.15) is 0 Å². The minimum absolute atomic E-state index is 0.449. The number of nitrogens with one attached hydrogen (secondary N) is 1. The zero-order valence-corrected chi connectivity index (χ0v) is 6.70. The molecule has 0 radical (unpaired) electrons. The monoisotopic (exact) mass is 163 g/mol. The third-order valence-electron chi connectivity index (χ3n) is 0.541. The Morgan fingerprint density at radius 3 is 3.00 bits per heavy atom. The highest BCUT2D eigenvalue weighted by Crippen LogP contribution is 2.43. The second kappa shape index (κ2) is 3.37. The maximum Gasteiger partial charge on any atom is 0.160 e. The number of nitrogens with zero attached hydrogens (tertiary/aromatic N) is 2. The van der Waals surface area contributed by atoms with Crippen molar-refractivity contribution in [3.05, 3.63) is 12.4 Å². The Bertz CT molecular complexity index is 141. The molecule has 1 unspecified atom stereocenters. The van der Waals surface area contributed by atoms with E-state index in [0.717, 1.165) is 17.0 Å². The Morgan fingerprint density at radius 1 is 1.75 bits per heavy atom. The van der Waals surface area contributed by atoms with Gasteiger partial charge in [0.05, 0.1) is 0 Å². The Kier molecular flexibility index (Phi) is 2.72. The molecular weight excluding hydrogens is 159 g/mol. The second-order valence-electron chi connectivity index (χ2n) is 0.995. The van der Waals surface area contributed by atoms with Crippen LogP contribution in [0.15, 0.2) is 21.4 Å². The molecule has 6 heteroatoms. The van der Waals surface area contributed by atoms with Crippen LogP contribution < -0.4 is 4.86 Å². The van der Waals surface area contributed by atoms with E-state index in [2.05, 4.69) is 20.5 Å². The van der Waals surface area contributed by atoms with Gasteiger partial charge in [0, 0.05) is 0 Å². The molecular formula is C2H4N3P3. The minimum Gasteiger partial charge on any atom is -0.210 e. The Morgan fingerprint density at radius 2 is 2.62 bits per heavy atom. The fraction of sp³-hybridized carbons (Fsp3) is 0. The molecule has 0 spiro atoms. The van der Waals surface area contributed by atoms with E-state index in [0.29, 0.717) is 0 Å². The van der Waals surface area contributed by atoms with E-state index in [1.807, 2.05) is 5.82 Å². The first-order valence-electron chi connectivity index (χ1n) is 1.91. The van der Waals surface area contributed by atoms with Gasteiger partial charge in [-0.3, -0.25) is 0 Å². The molecule has 3 nitrogen and oxygen atoms in total. The Labute approximate surface area is 52.3 Å². The smallest absolute Gasteiger partial charge is 0.160 e. The van der Waals surface area contributed by atoms with E-state index in [-0.39, 0.29) is 0 Å². The fourth-order valence-corrected chi connectivity index (χ4v) is 3.24. The first-order valence-corrected chi connectivity index (χ1v) is 4.92. The van der Waals surface area contributed by atoms with E-state index in [4.69, 9.17) is 0 Å². The first-order chi connectivity index (χ1) is 3.93. The molecule has 1 aliphatic rings. The van der Waals surface area contributed by atoms with Crippen molar-refractivity contribution >= 4 is 25.3 Å². The second-order valence-corrected chi connectivity index (χ2v) is 4.66. The van der Waals surface area contributed by atoms with E-state index < -0.39 is 8.22 Å². The molecule has 1 atom stereocenters. The van der Waals surface area contributed by atoms with E-state index in [1.165, 1.54) is 0 Å². The molecule has 1 aliphatic heterocycles. The maximum atomic E-state index is 4.08. The van der Waals surface area contributed by atoms with Gasteiger partial charge in [-0.25, -0.2) is 9.37 Å². The number of hydrogen-bond donors (Lipinski definition) is 1. The van der Waals surface area contributed by atoms with Crippen LogP contribution in [0.2, 0.25) is 0 Å². The summed E-state index contributed by atoms with van der Waals surface area (Å²) >= 11 is 0. The number of hydrogen-bond acceptors (Lipinski definition) is 3. The Balaban J connectivity index is 2.51. The first kappa shape index (κ1) is 6.45. The fourth-order valence-electron chi connectivity index (χ4n) is 0.244. The van der Waals surface area contributed by atoms with Gasteiger partial charge in [-0.15, -0.1) is 0 Å². The lowest BCUT2D eigenvalue weighted by Gasteiger charge is -2.02. The van der Waals surface area contributed by atoms with Gasteiger partial charge in [-0.2, -0.15) is 4.52 Å². The highest BCUT2D eigenvalue weighted by molar-refractivity contribution is 7.69. The molecule has 42 valence electrons. The summed E-state index contributed by atoms with van der Waals surface area (Å²) in [7, 11) is 1.33. The van der Waals surface area contributed by atoms with Crippen molar-refractivity contribution in [2.75, 3.05) is 0 Å². The van der Waals surface area contributed by atoms with Gasteiger partial charge in [0.15, 0.2) is 8.52 Å². The molecule has 0 saturated heterocycles. The summed E-state index contributed by atoms with van der Waals surface area (Å²) in [6, 6.07) is 0. The summed E-state index contributed by atoms with van der Waals surface area (Å²) in [5.41, 5.74) is 0. The van der Waals surface area contributed by atoms with Crippen LogP contribution in [0.4, 0.5) is 0 Å². The summed E-state index contributed by atoms with van der Waals surface area (Å²) in [4.78, 5) is 3.05. The predicted octanol–water partition coefficient (Wildman–Crippen LogP) is 3.13. The van der Waals surface area contributed by atoms with Crippen LogP contribution in [0.3, 0.4) is 0 Å². The molecule has 8 heavy (non-hydrogen) atoms. The van der Waals surface area contributed by atoms with Crippen LogP contribution >= 0.6 is 25.3 Å². The van der Waals surface area contributed by atoms with Crippen molar-refractivity contribution in [3.8, 4) is 0 Å². The summed E-state index contributed by atoms with van der Waals surface area (Å²) in [6.07, 6.45) is 0. The van der Waals surface area contributed by atoms with E-state index in [1.54, 1.807) is 0 Å². The quantitative estimate of drug-likeness (QED) is 0.592. The average Bonchev–Trinajstić information content (AvgIpc) is 1.90. The van der Waals surface area contributed by atoms with Gasteiger partial charge in [-0.1, -0.05) is 6.58 Å². The van der Waals surface area contributed by atoms with Gasteiger partial charge in [0.25, 0.3) is 0 Å². The van der Waals surface area contributed by atoms with Crippen LogP contribution in [0.25, 0.3) is 0 Å². The lowest BCUT2D eigenvalue weighted by Crippen LogP contribution is -1.82. The van der Waals surface area contributed by atoms with Crippen LogP contribution in [-0.2, 0) is 0 Å². The maximum absolute atomic E-state index is 4.08.